The van der Waals surface area contributed by atoms with Crippen LogP contribution in [-0.4, -0.2) is 66.0 Å². The van der Waals surface area contributed by atoms with Crippen molar-refractivity contribution in [2.24, 2.45) is 10.7 Å². The predicted octanol–water partition coefficient (Wildman–Crippen LogP) is 0.503. The molecule has 0 atom stereocenters. The highest BCUT2D eigenvalue weighted by Crippen LogP contribution is 2.27. The molecule has 2 aromatic rings. The Bertz CT molecular complexity index is 831. The van der Waals surface area contributed by atoms with Gasteiger partial charge in [0.05, 0.1) is 0 Å². The van der Waals surface area contributed by atoms with E-state index in [0.29, 0.717) is 12.5 Å². The lowest BCUT2D eigenvalue weighted by Crippen LogP contribution is -2.51. The van der Waals surface area contributed by atoms with Gasteiger partial charge < -0.3 is 20.4 Å². The van der Waals surface area contributed by atoms with Crippen molar-refractivity contribution in [3.63, 3.8) is 0 Å². The molecule has 1 aromatic carbocycles. The molecule has 3 heterocycles. The van der Waals surface area contributed by atoms with Crippen LogP contribution in [-0.2, 0) is 11.2 Å². The van der Waals surface area contributed by atoms with E-state index in [-0.39, 0.29) is 12.5 Å². The van der Waals surface area contributed by atoms with E-state index in [4.69, 9.17) is 5.73 Å². The number of guanidine groups is 1. The summed E-state index contributed by atoms with van der Waals surface area (Å²) in [6.45, 7) is 3.79. The molecule has 1 fully saturated rings. The van der Waals surface area contributed by atoms with Crippen LogP contribution in [0.5, 0.6) is 0 Å². The molecule has 8 nitrogen and oxygen atoms in total. The van der Waals surface area contributed by atoms with Gasteiger partial charge in [-0.2, -0.15) is 0 Å². The van der Waals surface area contributed by atoms with Crippen molar-refractivity contribution in [2.75, 3.05) is 49.1 Å². The number of rotatable bonds is 3. The Kier molecular flexibility index (Phi) is 4.86. The molecule has 1 aromatic heterocycles. The maximum Gasteiger partial charge on any atom is 0.248 e. The van der Waals surface area contributed by atoms with E-state index in [9.17, 15) is 4.79 Å². The summed E-state index contributed by atoms with van der Waals surface area (Å²) in [6.07, 6.45) is 4.38. The number of carbonyl (C=O) groups is 1. The molecule has 2 aliphatic heterocycles. The molecule has 2 aliphatic rings. The molecule has 0 radical (unpaired) electrons. The number of hydrogen-bond acceptors (Lipinski definition) is 5. The summed E-state index contributed by atoms with van der Waals surface area (Å²) >= 11 is 0. The highest BCUT2D eigenvalue weighted by molar-refractivity contribution is 5.97. The van der Waals surface area contributed by atoms with Crippen molar-refractivity contribution in [1.29, 1.82) is 0 Å². The Morgan fingerprint density at radius 1 is 1.04 bits per heavy atom. The maximum atomic E-state index is 12.6. The Morgan fingerprint density at radius 3 is 2.56 bits per heavy atom. The first-order valence-corrected chi connectivity index (χ1v) is 9.17. The third-order valence-corrected chi connectivity index (χ3v) is 5.00. The molecule has 1 saturated heterocycles. The summed E-state index contributed by atoms with van der Waals surface area (Å²) in [4.78, 5) is 31.4. The number of aliphatic imine (C=N–C) groups is 1. The average Bonchev–Trinajstić information content (AvgIpc) is 3.17. The van der Waals surface area contributed by atoms with Gasteiger partial charge >= 0.3 is 0 Å². The van der Waals surface area contributed by atoms with E-state index in [2.05, 4.69) is 25.9 Å². The first kappa shape index (κ1) is 17.3. The molecule has 0 bridgehead atoms. The third kappa shape index (κ3) is 3.69. The predicted molar refractivity (Wildman–Crippen MR) is 105 cm³/mol. The van der Waals surface area contributed by atoms with Crippen molar-refractivity contribution in [2.45, 2.75) is 6.42 Å². The fraction of sp³-hybridized carbons (Fsp3) is 0.368. The Morgan fingerprint density at radius 2 is 1.78 bits per heavy atom. The topological polar surface area (TPSA) is 91.0 Å². The molecule has 4 rings (SSSR count). The van der Waals surface area contributed by atoms with Crippen LogP contribution in [0.4, 0.5) is 11.6 Å². The molecule has 0 unspecified atom stereocenters. The zero-order valence-electron chi connectivity index (χ0n) is 15.2. The quantitative estimate of drug-likeness (QED) is 0.629. The van der Waals surface area contributed by atoms with Gasteiger partial charge in [-0.25, -0.2) is 15.0 Å². The molecule has 140 valence electrons. The Balaban J connectivity index is 1.32. The number of fused-ring (bicyclic) bond motifs is 1. The number of carbonyl (C=O) groups excluding carboxylic acids is 1. The van der Waals surface area contributed by atoms with Gasteiger partial charge in [0.2, 0.25) is 11.9 Å². The molecule has 0 aliphatic carbocycles. The molecular formula is C19H23N7O. The normalized spacial score (nSPS) is 17.2. The van der Waals surface area contributed by atoms with E-state index < -0.39 is 0 Å². The minimum Gasteiger partial charge on any atom is -0.370 e. The van der Waals surface area contributed by atoms with Gasteiger partial charge in [0.15, 0.2) is 5.96 Å². The van der Waals surface area contributed by atoms with E-state index >= 15 is 0 Å². The first-order chi connectivity index (χ1) is 13.2. The zero-order chi connectivity index (χ0) is 18.6. The third-order valence-electron chi connectivity index (χ3n) is 5.00. The average molecular weight is 365 g/mol. The fourth-order valence-electron chi connectivity index (χ4n) is 3.52. The number of amides is 1. The number of nitrogens with two attached hydrogens (primary N) is 1. The van der Waals surface area contributed by atoms with Crippen molar-refractivity contribution in [3.05, 3.63) is 48.3 Å². The van der Waals surface area contributed by atoms with Gasteiger partial charge in [0.1, 0.15) is 6.54 Å². The largest absolute Gasteiger partial charge is 0.370 e. The lowest BCUT2D eigenvalue weighted by Gasteiger charge is -2.35. The highest BCUT2D eigenvalue weighted by Gasteiger charge is 2.24. The minimum atomic E-state index is -0.0146. The highest BCUT2D eigenvalue weighted by atomic mass is 16.2. The standard InChI is InChI=1S/C19H23N7O/c20-18(24-10-12-25(13-11-24)19-21-7-3-8-22-19)23-14-17(27)26-9-6-15-4-1-2-5-16(15)26/h1-5,7-8H,6,9-14H2,(H2,20,23). The fourth-order valence-corrected chi connectivity index (χ4v) is 3.52. The van der Waals surface area contributed by atoms with Gasteiger partial charge in [-0.05, 0) is 24.1 Å². The summed E-state index contributed by atoms with van der Waals surface area (Å²) in [5.41, 5.74) is 8.33. The molecule has 0 spiro atoms. The Labute approximate surface area is 158 Å². The summed E-state index contributed by atoms with van der Waals surface area (Å²) in [6, 6.07) is 9.82. The van der Waals surface area contributed by atoms with E-state index in [1.807, 2.05) is 23.1 Å². The van der Waals surface area contributed by atoms with Gasteiger partial charge in [0.25, 0.3) is 0 Å². The Hall–Kier alpha value is -3.16. The summed E-state index contributed by atoms with van der Waals surface area (Å²) in [5.74, 6) is 1.14. The van der Waals surface area contributed by atoms with Crippen molar-refractivity contribution >= 4 is 23.5 Å². The van der Waals surface area contributed by atoms with E-state index in [1.54, 1.807) is 23.4 Å². The van der Waals surface area contributed by atoms with Gasteiger partial charge in [0, 0.05) is 50.8 Å². The second-order valence-electron chi connectivity index (χ2n) is 6.62. The molecular weight excluding hydrogens is 342 g/mol. The van der Waals surface area contributed by atoms with Crippen molar-refractivity contribution in [3.8, 4) is 0 Å². The second-order valence-corrected chi connectivity index (χ2v) is 6.62. The number of anilines is 2. The van der Waals surface area contributed by atoms with Crippen LogP contribution in [0.2, 0.25) is 0 Å². The number of benzene rings is 1. The molecule has 8 heteroatoms. The number of piperazine rings is 1. The summed E-state index contributed by atoms with van der Waals surface area (Å²) in [7, 11) is 0. The van der Waals surface area contributed by atoms with Crippen molar-refractivity contribution < 1.29 is 4.79 Å². The van der Waals surface area contributed by atoms with Gasteiger partial charge in [-0.3, -0.25) is 4.79 Å². The second kappa shape index (κ2) is 7.61. The van der Waals surface area contributed by atoms with Crippen LogP contribution in [0, 0.1) is 0 Å². The van der Waals surface area contributed by atoms with E-state index in [1.165, 1.54) is 5.56 Å². The first-order valence-electron chi connectivity index (χ1n) is 9.17. The van der Waals surface area contributed by atoms with Gasteiger partial charge in [-0.15, -0.1) is 0 Å². The van der Waals surface area contributed by atoms with Crippen LogP contribution in [0.25, 0.3) is 0 Å². The molecule has 1 amide bonds. The summed E-state index contributed by atoms with van der Waals surface area (Å²) in [5, 5.41) is 0. The van der Waals surface area contributed by atoms with Crippen LogP contribution >= 0.6 is 0 Å². The van der Waals surface area contributed by atoms with Crippen LogP contribution in [0.1, 0.15) is 5.56 Å². The van der Waals surface area contributed by atoms with Crippen LogP contribution in [0.15, 0.2) is 47.7 Å². The number of hydrogen-bond donors (Lipinski definition) is 1. The number of nitrogens with zero attached hydrogens (tertiary/aromatic N) is 6. The molecule has 27 heavy (non-hydrogen) atoms. The van der Waals surface area contributed by atoms with Crippen LogP contribution in [0.3, 0.4) is 0 Å². The minimum absolute atomic E-state index is 0.0146. The summed E-state index contributed by atoms with van der Waals surface area (Å²) < 4.78 is 0. The number of aromatic nitrogens is 2. The maximum absolute atomic E-state index is 12.6. The van der Waals surface area contributed by atoms with E-state index in [0.717, 1.165) is 44.2 Å². The SMILES string of the molecule is NC(=NCC(=O)N1CCc2ccccc21)N1CCN(c2ncccn2)CC1. The molecule has 0 saturated carbocycles. The lowest BCUT2D eigenvalue weighted by molar-refractivity contribution is -0.117. The molecule has 2 N–H and O–H groups in total. The van der Waals surface area contributed by atoms with Crippen molar-refractivity contribution in [1.82, 2.24) is 14.9 Å². The lowest BCUT2D eigenvalue weighted by atomic mass is 10.2. The number of para-hydroxylation sites is 1. The van der Waals surface area contributed by atoms with Gasteiger partial charge in [-0.1, -0.05) is 18.2 Å². The zero-order valence-corrected chi connectivity index (χ0v) is 15.2. The monoisotopic (exact) mass is 365 g/mol. The van der Waals surface area contributed by atoms with Crippen LogP contribution < -0.4 is 15.5 Å². The smallest absolute Gasteiger partial charge is 0.248 e.